The van der Waals surface area contributed by atoms with E-state index >= 15 is 0 Å². The Balaban J connectivity index is 1.66. The highest BCUT2D eigenvalue weighted by molar-refractivity contribution is 5.45. The normalized spacial score (nSPS) is 12.6. The second-order valence-corrected chi connectivity index (χ2v) is 7.42. The summed E-state index contributed by atoms with van der Waals surface area (Å²) in [5, 5.41) is 0. The summed E-state index contributed by atoms with van der Waals surface area (Å²) < 4.78 is 12.8. The molecular weight excluding hydrogens is 384 g/mol. The monoisotopic (exact) mass is 410 g/mol. The van der Waals surface area contributed by atoms with Gasteiger partial charge in [0.1, 0.15) is 23.7 Å². The van der Waals surface area contributed by atoms with Crippen LogP contribution in [0.2, 0.25) is 0 Å². The lowest BCUT2D eigenvalue weighted by Gasteiger charge is -2.26. The maximum absolute atomic E-state index is 6.41. The van der Waals surface area contributed by atoms with Crippen molar-refractivity contribution in [3.05, 3.63) is 120 Å². The number of hydrogen-bond donors (Lipinski definition) is 2. The Hall–Kier alpha value is -3.92. The second kappa shape index (κ2) is 9.72. The van der Waals surface area contributed by atoms with E-state index < -0.39 is 0 Å². The Morgan fingerprint density at radius 1 is 0.516 bits per heavy atom. The van der Waals surface area contributed by atoms with Gasteiger partial charge in [0.15, 0.2) is 0 Å². The van der Waals surface area contributed by atoms with Gasteiger partial charge in [0.2, 0.25) is 0 Å². The van der Waals surface area contributed by atoms with Gasteiger partial charge in [0, 0.05) is 29.9 Å². The van der Waals surface area contributed by atoms with Crippen molar-refractivity contribution in [2.24, 2.45) is 0 Å². The molecule has 156 valence electrons. The number of nitrogens with two attached hydrogens (primary N) is 2. The molecule has 4 aromatic rings. The van der Waals surface area contributed by atoms with Crippen LogP contribution in [0.3, 0.4) is 0 Å². The summed E-state index contributed by atoms with van der Waals surface area (Å²) in [6, 6.07) is 35.3. The highest BCUT2D eigenvalue weighted by atomic mass is 16.5. The smallest absolute Gasteiger partial charge is 0.128 e. The standard InChI is InChI=1S/C27H26N2O2/c28-22-13-7-15-24(17-22)30-26(20-9-3-1-4-10-20)19-27(21-11-5-2-6-12-21)31-25-16-8-14-23(29)18-25/h1-18,26-27H,19,28-29H2. The van der Waals surface area contributed by atoms with Crippen LogP contribution in [0.25, 0.3) is 0 Å². The molecular formula is C27H26N2O2. The van der Waals surface area contributed by atoms with Crippen LogP contribution >= 0.6 is 0 Å². The maximum atomic E-state index is 6.41. The van der Waals surface area contributed by atoms with E-state index in [1.54, 1.807) is 0 Å². The third-order valence-corrected chi connectivity index (χ3v) is 5.04. The predicted molar refractivity (Wildman–Crippen MR) is 126 cm³/mol. The molecule has 0 fully saturated rings. The lowest BCUT2D eigenvalue weighted by molar-refractivity contribution is 0.110. The minimum absolute atomic E-state index is 0.228. The quantitative estimate of drug-likeness (QED) is 0.340. The zero-order chi connectivity index (χ0) is 21.5. The van der Waals surface area contributed by atoms with Gasteiger partial charge in [0.05, 0.1) is 0 Å². The van der Waals surface area contributed by atoms with E-state index in [4.69, 9.17) is 20.9 Å². The second-order valence-electron chi connectivity index (χ2n) is 7.42. The number of hydrogen-bond acceptors (Lipinski definition) is 4. The predicted octanol–water partition coefficient (Wildman–Crippen LogP) is 6.18. The van der Waals surface area contributed by atoms with Crippen LogP contribution in [0.1, 0.15) is 29.8 Å². The summed E-state index contributed by atoms with van der Waals surface area (Å²) >= 11 is 0. The first-order valence-corrected chi connectivity index (χ1v) is 10.3. The van der Waals surface area contributed by atoms with Crippen LogP contribution in [0.15, 0.2) is 109 Å². The fraction of sp³-hybridized carbons (Fsp3) is 0.111. The average molecular weight is 411 g/mol. The first kappa shape index (κ1) is 20.4. The van der Waals surface area contributed by atoms with Crippen molar-refractivity contribution in [3.63, 3.8) is 0 Å². The van der Waals surface area contributed by atoms with Crippen molar-refractivity contribution in [1.82, 2.24) is 0 Å². The lowest BCUT2D eigenvalue weighted by atomic mass is 9.98. The topological polar surface area (TPSA) is 70.5 Å². The van der Waals surface area contributed by atoms with E-state index in [2.05, 4.69) is 24.3 Å². The number of benzene rings is 4. The minimum atomic E-state index is -0.228. The van der Waals surface area contributed by atoms with E-state index in [1.165, 1.54) is 0 Å². The minimum Gasteiger partial charge on any atom is -0.486 e. The molecule has 0 radical (unpaired) electrons. The number of nitrogen functional groups attached to an aromatic ring is 2. The number of ether oxygens (including phenoxy) is 2. The van der Waals surface area contributed by atoms with Gasteiger partial charge in [0.25, 0.3) is 0 Å². The third-order valence-electron chi connectivity index (χ3n) is 5.04. The Labute approximate surface area is 183 Å². The van der Waals surface area contributed by atoms with E-state index in [-0.39, 0.29) is 12.2 Å². The van der Waals surface area contributed by atoms with Gasteiger partial charge in [-0.25, -0.2) is 0 Å². The van der Waals surface area contributed by atoms with E-state index in [9.17, 15) is 0 Å². The first-order chi connectivity index (χ1) is 15.2. The van der Waals surface area contributed by atoms with Crippen molar-refractivity contribution in [2.45, 2.75) is 18.6 Å². The molecule has 2 unspecified atom stereocenters. The van der Waals surface area contributed by atoms with Gasteiger partial charge in [-0.3, -0.25) is 0 Å². The maximum Gasteiger partial charge on any atom is 0.128 e. The first-order valence-electron chi connectivity index (χ1n) is 10.3. The van der Waals surface area contributed by atoms with Crippen molar-refractivity contribution in [1.29, 1.82) is 0 Å². The van der Waals surface area contributed by atoms with Crippen LogP contribution < -0.4 is 20.9 Å². The molecule has 4 N–H and O–H groups in total. The Morgan fingerprint density at radius 2 is 0.935 bits per heavy atom. The van der Waals surface area contributed by atoms with Gasteiger partial charge in [-0.05, 0) is 35.4 Å². The highest BCUT2D eigenvalue weighted by Crippen LogP contribution is 2.34. The Bertz CT molecular complexity index is 1010. The van der Waals surface area contributed by atoms with Gasteiger partial charge >= 0.3 is 0 Å². The zero-order valence-electron chi connectivity index (χ0n) is 17.2. The summed E-state index contributed by atoms with van der Waals surface area (Å²) in [6.45, 7) is 0. The molecule has 4 heteroatoms. The molecule has 0 heterocycles. The fourth-order valence-electron chi connectivity index (χ4n) is 3.54. The Kier molecular flexibility index (Phi) is 6.38. The SMILES string of the molecule is Nc1cccc(OC(CC(Oc2cccc(N)c2)c2ccccc2)c2ccccc2)c1. The van der Waals surface area contributed by atoms with Crippen LogP contribution in [0, 0.1) is 0 Å². The van der Waals surface area contributed by atoms with Gasteiger partial charge < -0.3 is 20.9 Å². The summed E-state index contributed by atoms with van der Waals surface area (Å²) in [4.78, 5) is 0. The summed E-state index contributed by atoms with van der Waals surface area (Å²) in [6.07, 6.45) is 0.154. The highest BCUT2D eigenvalue weighted by Gasteiger charge is 2.23. The molecule has 0 aliphatic heterocycles. The summed E-state index contributed by atoms with van der Waals surface area (Å²) in [5.41, 5.74) is 15.4. The lowest BCUT2D eigenvalue weighted by Crippen LogP contribution is -2.17. The van der Waals surface area contributed by atoms with E-state index in [0.717, 1.165) is 22.6 Å². The fourth-order valence-corrected chi connectivity index (χ4v) is 3.54. The van der Waals surface area contributed by atoms with Crippen LogP contribution in [0.5, 0.6) is 11.5 Å². The van der Waals surface area contributed by atoms with Crippen LogP contribution in [0.4, 0.5) is 11.4 Å². The molecule has 4 nitrogen and oxygen atoms in total. The van der Waals surface area contributed by atoms with Crippen molar-refractivity contribution < 1.29 is 9.47 Å². The molecule has 0 aromatic heterocycles. The molecule has 0 amide bonds. The number of rotatable bonds is 8. The molecule has 0 saturated carbocycles. The molecule has 4 aromatic carbocycles. The molecule has 0 spiro atoms. The number of anilines is 2. The largest absolute Gasteiger partial charge is 0.486 e. The molecule has 0 aliphatic carbocycles. The van der Waals surface area contributed by atoms with Crippen molar-refractivity contribution in [2.75, 3.05) is 11.5 Å². The summed E-state index contributed by atoms with van der Waals surface area (Å²) in [7, 11) is 0. The molecule has 2 atom stereocenters. The third kappa shape index (κ3) is 5.58. The molecule has 0 bridgehead atoms. The molecule has 0 aliphatic rings. The summed E-state index contributed by atoms with van der Waals surface area (Å²) in [5.74, 6) is 1.45. The zero-order valence-corrected chi connectivity index (χ0v) is 17.2. The van der Waals surface area contributed by atoms with Crippen LogP contribution in [-0.2, 0) is 0 Å². The molecule has 4 rings (SSSR count). The Morgan fingerprint density at radius 3 is 1.32 bits per heavy atom. The van der Waals surface area contributed by atoms with E-state index in [1.807, 2.05) is 84.9 Å². The van der Waals surface area contributed by atoms with Crippen molar-refractivity contribution >= 4 is 11.4 Å². The molecule has 0 saturated heterocycles. The van der Waals surface area contributed by atoms with Gasteiger partial charge in [-0.15, -0.1) is 0 Å². The van der Waals surface area contributed by atoms with Crippen LogP contribution in [-0.4, -0.2) is 0 Å². The van der Waals surface area contributed by atoms with Gasteiger partial charge in [-0.2, -0.15) is 0 Å². The van der Waals surface area contributed by atoms with Crippen molar-refractivity contribution in [3.8, 4) is 11.5 Å². The molecule has 31 heavy (non-hydrogen) atoms. The average Bonchev–Trinajstić information content (AvgIpc) is 2.79. The van der Waals surface area contributed by atoms with Gasteiger partial charge in [-0.1, -0.05) is 72.8 Å². The van der Waals surface area contributed by atoms with E-state index in [0.29, 0.717) is 17.8 Å².